The molecule has 4 rings (SSSR count). The van der Waals surface area contributed by atoms with E-state index in [-0.39, 0.29) is 0 Å². The van der Waals surface area contributed by atoms with Gasteiger partial charge in [0.1, 0.15) is 11.6 Å². The molecule has 1 fully saturated rings. The Bertz CT molecular complexity index is 856. The lowest BCUT2D eigenvalue weighted by Gasteiger charge is -2.33. The molecule has 0 radical (unpaired) electrons. The van der Waals surface area contributed by atoms with Crippen LogP contribution in [0.2, 0.25) is 0 Å². The van der Waals surface area contributed by atoms with Crippen LogP contribution < -0.4 is 10.1 Å². The van der Waals surface area contributed by atoms with Gasteiger partial charge in [-0.2, -0.15) is 0 Å². The van der Waals surface area contributed by atoms with Crippen LogP contribution in [0.4, 0.5) is 0 Å². The third kappa shape index (κ3) is 3.13. The van der Waals surface area contributed by atoms with Crippen molar-refractivity contribution in [2.75, 3.05) is 26.7 Å². The van der Waals surface area contributed by atoms with Crippen molar-refractivity contribution in [2.45, 2.75) is 19.5 Å². The number of para-hydroxylation sites is 2. The Hall–Kier alpha value is -2.37. The van der Waals surface area contributed by atoms with E-state index in [0.29, 0.717) is 6.04 Å². The van der Waals surface area contributed by atoms with Crippen molar-refractivity contribution in [3.63, 3.8) is 0 Å². The largest absolute Gasteiger partial charge is 0.497 e. The van der Waals surface area contributed by atoms with E-state index in [9.17, 15) is 0 Å². The second kappa shape index (κ2) is 6.86. The van der Waals surface area contributed by atoms with Crippen molar-refractivity contribution < 1.29 is 4.74 Å². The number of nitrogens with one attached hydrogen (secondary N) is 1. The lowest BCUT2D eigenvalue weighted by molar-refractivity contribution is 0.161. The summed E-state index contributed by atoms with van der Waals surface area (Å²) < 4.78 is 7.57. The van der Waals surface area contributed by atoms with Gasteiger partial charge in [0, 0.05) is 31.4 Å². The summed E-state index contributed by atoms with van der Waals surface area (Å²) in [5.41, 5.74) is 3.30. The van der Waals surface area contributed by atoms with Crippen LogP contribution in [0.1, 0.15) is 12.7 Å². The fourth-order valence-corrected chi connectivity index (χ4v) is 3.50. The fourth-order valence-electron chi connectivity index (χ4n) is 3.50. The van der Waals surface area contributed by atoms with Gasteiger partial charge in [0.2, 0.25) is 0 Å². The molecule has 1 aromatic heterocycles. The van der Waals surface area contributed by atoms with E-state index in [0.717, 1.165) is 54.5 Å². The predicted octanol–water partition coefficient (Wildman–Crippen LogP) is 2.83. The van der Waals surface area contributed by atoms with Gasteiger partial charge in [-0.3, -0.25) is 9.47 Å². The van der Waals surface area contributed by atoms with E-state index in [1.165, 1.54) is 0 Å². The minimum Gasteiger partial charge on any atom is -0.497 e. The summed E-state index contributed by atoms with van der Waals surface area (Å²) in [6, 6.07) is 17.0. The molecule has 25 heavy (non-hydrogen) atoms. The van der Waals surface area contributed by atoms with Gasteiger partial charge in [-0.25, -0.2) is 4.98 Å². The average Bonchev–Trinajstić information content (AvgIpc) is 3.01. The molecule has 0 bridgehead atoms. The van der Waals surface area contributed by atoms with E-state index in [1.807, 2.05) is 18.2 Å². The molecule has 1 saturated heterocycles. The first-order chi connectivity index (χ1) is 12.3. The number of imidazole rings is 1. The highest BCUT2D eigenvalue weighted by molar-refractivity contribution is 5.78. The van der Waals surface area contributed by atoms with Crippen LogP contribution in [0.15, 0.2) is 48.5 Å². The first-order valence-electron chi connectivity index (χ1n) is 8.82. The van der Waals surface area contributed by atoms with Gasteiger partial charge >= 0.3 is 0 Å². The van der Waals surface area contributed by atoms with Gasteiger partial charge in [-0.15, -0.1) is 0 Å². The van der Waals surface area contributed by atoms with Gasteiger partial charge in [0.15, 0.2) is 0 Å². The maximum atomic E-state index is 5.30. The molecule has 1 aliphatic heterocycles. The summed E-state index contributed by atoms with van der Waals surface area (Å²) in [5, 5.41) is 3.45. The standard InChI is InChI=1S/C20H24N4O/c1-15-13-21-11-12-23(15)14-20-22-18-5-3-4-6-19(18)24(20)16-7-9-17(25-2)10-8-16/h3-10,15,21H,11-14H2,1-2H3/t15-/m0/s1. The zero-order valence-corrected chi connectivity index (χ0v) is 14.8. The number of fused-ring (bicyclic) bond motifs is 1. The summed E-state index contributed by atoms with van der Waals surface area (Å²) in [6.07, 6.45) is 0. The van der Waals surface area contributed by atoms with Crippen molar-refractivity contribution in [3.05, 3.63) is 54.4 Å². The molecule has 1 aliphatic rings. The minimum atomic E-state index is 0.512. The normalized spacial score (nSPS) is 18.6. The van der Waals surface area contributed by atoms with E-state index in [2.05, 4.69) is 52.0 Å². The maximum absolute atomic E-state index is 5.30. The van der Waals surface area contributed by atoms with Crippen LogP contribution in [0.5, 0.6) is 5.75 Å². The lowest BCUT2D eigenvalue weighted by Crippen LogP contribution is -2.49. The zero-order chi connectivity index (χ0) is 17.2. The molecule has 0 amide bonds. The number of aromatic nitrogens is 2. The number of hydrogen-bond donors (Lipinski definition) is 1. The summed E-state index contributed by atoms with van der Waals surface area (Å²) in [5.74, 6) is 1.95. The van der Waals surface area contributed by atoms with E-state index in [1.54, 1.807) is 7.11 Å². The number of ether oxygens (including phenoxy) is 1. The molecule has 2 aromatic carbocycles. The van der Waals surface area contributed by atoms with E-state index in [4.69, 9.17) is 9.72 Å². The molecular weight excluding hydrogens is 312 g/mol. The maximum Gasteiger partial charge on any atom is 0.128 e. The van der Waals surface area contributed by atoms with Gasteiger partial charge in [-0.1, -0.05) is 12.1 Å². The van der Waals surface area contributed by atoms with Crippen LogP contribution in [-0.4, -0.2) is 47.2 Å². The third-order valence-corrected chi connectivity index (χ3v) is 4.94. The molecule has 0 saturated carbocycles. The topological polar surface area (TPSA) is 42.3 Å². The van der Waals surface area contributed by atoms with Crippen LogP contribution in [0.25, 0.3) is 16.7 Å². The van der Waals surface area contributed by atoms with E-state index < -0.39 is 0 Å². The van der Waals surface area contributed by atoms with E-state index >= 15 is 0 Å². The molecule has 0 aliphatic carbocycles. The minimum absolute atomic E-state index is 0.512. The highest BCUT2D eigenvalue weighted by Crippen LogP contribution is 2.24. The lowest BCUT2D eigenvalue weighted by atomic mass is 10.2. The fraction of sp³-hybridized carbons (Fsp3) is 0.350. The van der Waals surface area contributed by atoms with Gasteiger partial charge in [0.05, 0.1) is 24.7 Å². The second-order valence-corrected chi connectivity index (χ2v) is 6.57. The number of rotatable bonds is 4. The van der Waals surface area contributed by atoms with Crippen LogP contribution >= 0.6 is 0 Å². The van der Waals surface area contributed by atoms with Crippen molar-refractivity contribution in [3.8, 4) is 11.4 Å². The SMILES string of the molecule is COc1ccc(-n2c(CN3CCNC[C@@H]3C)nc3ccccc32)cc1. The Balaban J connectivity index is 1.77. The second-order valence-electron chi connectivity index (χ2n) is 6.57. The molecule has 2 heterocycles. The molecule has 0 spiro atoms. The van der Waals surface area contributed by atoms with Gasteiger partial charge in [-0.05, 0) is 43.3 Å². The summed E-state index contributed by atoms with van der Waals surface area (Å²) >= 11 is 0. The van der Waals surface area contributed by atoms with Crippen molar-refractivity contribution in [2.24, 2.45) is 0 Å². The predicted molar refractivity (Wildman–Crippen MR) is 100 cm³/mol. The van der Waals surface area contributed by atoms with Crippen molar-refractivity contribution in [1.82, 2.24) is 19.8 Å². The Labute approximate surface area is 148 Å². The number of piperazine rings is 1. The number of hydrogen-bond acceptors (Lipinski definition) is 4. The highest BCUT2D eigenvalue weighted by Gasteiger charge is 2.21. The Morgan fingerprint density at radius 3 is 2.72 bits per heavy atom. The summed E-state index contributed by atoms with van der Waals surface area (Å²) in [4.78, 5) is 7.43. The van der Waals surface area contributed by atoms with Crippen molar-refractivity contribution in [1.29, 1.82) is 0 Å². The van der Waals surface area contributed by atoms with Gasteiger partial charge in [0.25, 0.3) is 0 Å². The molecule has 1 N–H and O–H groups in total. The summed E-state index contributed by atoms with van der Waals surface area (Å²) in [6.45, 7) is 6.24. The molecular formula is C20H24N4O. The van der Waals surface area contributed by atoms with Crippen LogP contribution in [0, 0.1) is 0 Å². The quantitative estimate of drug-likeness (QED) is 0.795. The van der Waals surface area contributed by atoms with Crippen LogP contribution in [-0.2, 0) is 6.54 Å². The molecule has 3 aromatic rings. The highest BCUT2D eigenvalue weighted by atomic mass is 16.5. The Kier molecular flexibility index (Phi) is 4.42. The monoisotopic (exact) mass is 336 g/mol. The Morgan fingerprint density at radius 1 is 1.16 bits per heavy atom. The van der Waals surface area contributed by atoms with Gasteiger partial charge < -0.3 is 10.1 Å². The molecule has 130 valence electrons. The Morgan fingerprint density at radius 2 is 1.96 bits per heavy atom. The van der Waals surface area contributed by atoms with Crippen LogP contribution in [0.3, 0.4) is 0 Å². The molecule has 1 atom stereocenters. The summed E-state index contributed by atoms with van der Waals surface area (Å²) in [7, 11) is 1.69. The first kappa shape index (κ1) is 16.1. The number of nitrogens with zero attached hydrogens (tertiary/aromatic N) is 3. The molecule has 5 nitrogen and oxygen atoms in total. The van der Waals surface area contributed by atoms with Crippen molar-refractivity contribution >= 4 is 11.0 Å². The number of methoxy groups -OCH3 is 1. The molecule has 5 heteroatoms. The third-order valence-electron chi connectivity index (χ3n) is 4.94. The zero-order valence-electron chi connectivity index (χ0n) is 14.8. The average molecular weight is 336 g/mol. The smallest absolute Gasteiger partial charge is 0.128 e. The first-order valence-corrected chi connectivity index (χ1v) is 8.82. The molecule has 0 unspecified atom stereocenters. The number of benzene rings is 2.